The number of rotatable bonds is 14. The highest BCUT2D eigenvalue weighted by atomic mass is 35.5. The van der Waals surface area contributed by atoms with Gasteiger partial charge in [0, 0.05) is 21.6 Å². The van der Waals surface area contributed by atoms with E-state index in [0.29, 0.717) is 22.1 Å². The van der Waals surface area contributed by atoms with Crippen LogP contribution in [0.1, 0.15) is 52.5 Å². The van der Waals surface area contributed by atoms with E-state index in [9.17, 15) is 14.4 Å². The van der Waals surface area contributed by atoms with Crippen molar-refractivity contribution in [2.24, 2.45) is 5.16 Å². The summed E-state index contributed by atoms with van der Waals surface area (Å²) < 4.78 is 7.03. The van der Waals surface area contributed by atoms with Crippen molar-refractivity contribution in [2.75, 3.05) is 5.73 Å². The first-order valence-electron chi connectivity index (χ1n) is 19.8. The zero-order valence-corrected chi connectivity index (χ0v) is 36.3. The van der Waals surface area contributed by atoms with Crippen molar-refractivity contribution in [2.45, 2.75) is 41.0 Å². The highest BCUT2D eigenvalue weighted by molar-refractivity contribution is 8.04. The molecule has 63 heavy (non-hydrogen) atoms. The number of halogens is 1. The summed E-state index contributed by atoms with van der Waals surface area (Å²) in [5, 5.41) is 15.7. The highest BCUT2D eigenvalue weighted by Gasteiger charge is 2.54. The summed E-state index contributed by atoms with van der Waals surface area (Å²) >= 11 is 10.2. The average molecular weight is 911 g/mol. The first-order chi connectivity index (χ1) is 30.8. The molecule has 0 aliphatic carbocycles. The van der Waals surface area contributed by atoms with Crippen LogP contribution in [0.3, 0.4) is 0 Å². The number of nitrogens with zero attached hydrogens (tertiary/aromatic N) is 5. The van der Waals surface area contributed by atoms with Crippen LogP contribution >= 0.6 is 46.0 Å². The van der Waals surface area contributed by atoms with Gasteiger partial charge in [-0.3, -0.25) is 14.5 Å². The Morgan fingerprint density at radius 1 is 0.841 bits per heavy atom. The number of carbonyl (C=O) groups excluding carboxylic acids is 3. The van der Waals surface area contributed by atoms with Gasteiger partial charge in [-0.1, -0.05) is 203 Å². The quantitative estimate of drug-likeness (QED) is 0.0355. The highest BCUT2D eigenvalue weighted by Crippen LogP contribution is 2.45. The van der Waals surface area contributed by atoms with E-state index in [0.717, 1.165) is 39.2 Å². The van der Waals surface area contributed by atoms with E-state index >= 15 is 0 Å². The lowest BCUT2D eigenvalue weighted by molar-refractivity contribution is -0.158. The van der Waals surface area contributed by atoms with E-state index in [1.165, 1.54) is 28.0 Å². The second-order valence-electron chi connectivity index (χ2n) is 14.4. The maximum atomic E-state index is 14.7. The number of allylic oxidation sites excluding steroid dienone is 1. The lowest BCUT2D eigenvalue weighted by atomic mass is 9.80. The van der Waals surface area contributed by atoms with Gasteiger partial charge in [0.1, 0.15) is 27.3 Å². The van der Waals surface area contributed by atoms with E-state index in [-0.39, 0.29) is 26.6 Å². The van der Waals surface area contributed by atoms with Gasteiger partial charge < -0.3 is 20.6 Å². The molecular weight excluding hydrogens is 874 g/mol. The molecule has 4 heterocycles. The molecule has 1 saturated heterocycles. The molecule has 1 fully saturated rings. The second-order valence-corrected chi connectivity index (χ2v) is 18.2. The van der Waals surface area contributed by atoms with Crippen LogP contribution < -0.4 is 11.1 Å². The number of nitrogen functional groups attached to an aromatic ring is 1. The Morgan fingerprint density at radius 2 is 1.38 bits per heavy atom. The average Bonchev–Trinajstić information content (AvgIpc) is 3.97. The number of esters is 1. The Morgan fingerprint density at radius 3 is 1.87 bits per heavy atom. The van der Waals surface area contributed by atoms with Gasteiger partial charge in [0.05, 0.1) is 6.04 Å². The van der Waals surface area contributed by atoms with Crippen molar-refractivity contribution in [3.05, 3.63) is 206 Å². The standard InChI is InChI=1S/C47H36ClN7O5S3/c48-41-37(52-45(49)63-41)38(54-60-47(31-20-10-3-11-21-31,32-22-12-4-13-23-32)33-24-14-5-15-25-33)42(56)51-36-34-26-27-35(62-46-53-50-28-61-46)39(55(34)43(36)57)44(58)59-40(29-16-6-1-7-17-29)30-18-8-2-9-19-30/h1-25,28,34,36,40H,26-27H2,(H2,49,52)(H,51,56)/t34?,36-/m0/s1. The fourth-order valence-electron chi connectivity index (χ4n) is 7.83. The number of thioether (sulfide) groups is 1. The molecule has 9 rings (SSSR count). The molecule has 7 aromatic rings. The Labute approximate surface area is 379 Å². The minimum atomic E-state index is -1.35. The fraction of sp³-hybridized carbons (Fsp3) is 0.128. The van der Waals surface area contributed by atoms with Crippen LogP contribution in [0.5, 0.6) is 0 Å². The van der Waals surface area contributed by atoms with Crippen molar-refractivity contribution >= 4 is 74.7 Å². The van der Waals surface area contributed by atoms with Crippen LogP contribution in [-0.4, -0.2) is 55.7 Å². The Kier molecular flexibility index (Phi) is 12.2. The maximum Gasteiger partial charge on any atom is 0.356 e. The zero-order valence-electron chi connectivity index (χ0n) is 33.1. The summed E-state index contributed by atoms with van der Waals surface area (Å²) in [5.41, 5.74) is 9.86. The van der Waals surface area contributed by atoms with Gasteiger partial charge >= 0.3 is 5.97 Å². The first kappa shape index (κ1) is 41.7. The first-order valence-corrected chi connectivity index (χ1v) is 22.7. The van der Waals surface area contributed by atoms with Gasteiger partial charge in [0.15, 0.2) is 21.3 Å². The van der Waals surface area contributed by atoms with Gasteiger partial charge in [0.2, 0.25) is 5.60 Å². The number of hydrogen-bond donors (Lipinski definition) is 2. The van der Waals surface area contributed by atoms with Crippen molar-refractivity contribution < 1.29 is 24.0 Å². The van der Waals surface area contributed by atoms with Gasteiger partial charge in [0.25, 0.3) is 11.8 Å². The number of amides is 2. The molecule has 2 aliphatic rings. The largest absolute Gasteiger partial charge is 0.448 e. The van der Waals surface area contributed by atoms with E-state index in [1.54, 1.807) is 5.51 Å². The van der Waals surface area contributed by atoms with Crippen LogP contribution in [0.15, 0.2) is 177 Å². The number of hydrogen-bond acceptors (Lipinski definition) is 13. The third-order valence-corrected chi connectivity index (χ3v) is 13.7. The molecule has 0 spiro atoms. The second kappa shape index (κ2) is 18.4. The Hall–Kier alpha value is -6.65. The van der Waals surface area contributed by atoms with E-state index in [4.69, 9.17) is 26.9 Å². The third-order valence-electron chi connectivity index (χ3n) is 10.7. The minimum absolute atomic E-state index is 0.0141. The summed E-state index contributed by atoms with van der Waals surface area (Å²) in [4.78, 5) is 56.7. The number of thiazole rings is 1. The number of fused-ring (bicyclic) bond motifs is 1. The molecule has 12 nitrogen and oxygen atoms in total. The lowest BCUT2D eigenvalue weighted by Gasteiger charge is -2.50. The molecule has 16 heteroatoms. The molecule has 2 aromatic heterocycles. The molecule has 1 unspecified atom stereocenters. The predicted octanol–water partition coefficient (Wildman–Crippen LogP) is 8.77. The SMILES string of the molecule is Nc1nc(C(=NOC(c2ccccc2)(c2ccccc2)c2ccccc2)C(=O)N[C@@H]2C(=O)N3C(C(=O)OC(c4ccccc4)c4ccccc4)=C(Sc4nncs4)CCC23)c(Cl)s1. The summed E-state index contributed by atoms with van der Waals surface area (Å²) in [6, 6.07) is 45.7. The summed E-state index contributed by atoms with van der Waals surface area (Å²) in [6.07, 6.45) is 0.0432. The predicted molar refractivity (Wildman–Crippen MR) is 244 cm³/mol. The zero-order chi connectivity index (χ0) is 43.3. The number of β-lactam (4-membered cyclic amide) rings is 1. The van der Waals surface area contributed by atoms with Crippen LogP contribution in [-0.2, 0) is 29.6 Å². The molecule has 2 amide bonds. The van der Waals surface area contributed by atoms with Crippen molar-refractivity contribution in [1.29, 1.82) is 0 Å². The van der Waals surface area contributed by atoms with E-state index in [1.807, 2.05) is 152 Å². The Bertz CT molecular complexity index is 2660. The summed E-state index contributed by atoms with van der Waals surface area (Å²) in [6.45, 7) is 0. The van der Waals surface area contributed by atoms with Gasteiger partial charge in [-0.15, -0.1) is 10.2 Å². The van der Waals surface area contributed by atoms with Gasteiger partial charge in [-0.2, -0.15) is 0 Å². The van der Waals surface area contributed by atoms with Crippen molar-refractivity contribution in [1.82, 2.24) is 25.4 Å². The molecule has 5 aromatic carbocycles. The van der Waals surface area contributed by atoms with Crippen molar-refractivity contribution in [3.8, 4) is 0 Å². The number of carbonyl (C=O) groups is 3. The molecule has 0 bridgehead atoms. The number of ether oxygens (including phenoxy) is 1. The van der Waals surface area contributed by atoms with Crippen molar-refractivity contribution in [3.63, 3.8) is 0 Å². The van der Waals surface area contributed by atoms with E-state index in [2.05, 4.69) is 25.7 Å². The summed E-state index contributed by atoms with van der Waals surface area (Å²) in [7, 11) is 0. The number of nitrogens with two attached hydrogens (primary N) is 1. The Balaban J connectivity index is 1.06. The molecule has 2 aliphatic heterocycles. The number of anilines is 1. The molecular formula is C47H36ClN7O5S3. The van der Waals surface area contributed by atoms with Crippen LogP contribution in [0, 0.1) is 0 Å². The number of aromatic nitrogens is 3. The van der Waals surface area contributed by atoms with E-state index < -0.39 is 41.6 Å². The fourth-order valence-corrected chi connectivity index (χ4v) is 10.5. The molecule has 0 radical (unpaired) electrons. The van der Waals surface area contributed by atoms with Crippen LogP contribution in [0.2, 0.25) is 4.34 Å². The third kappa shape index (κ3) is 8.35. The smallest absolute Gasteiger partial charge is 0.356 e. The summed E-state index contributed by atoms with van der Waals surface area (Å²) in [5.74, 6) is -1.98. The number of oxime groups is 1. The monoisotopic (exact) mass is 909 g/mol. The number of benzene rings is 5. The molecule has 3 N–H and O–H groups in total. The van der Waals surface area contributed by atoms with Gasteiger partial charge in [-0.05, 0) is 24.0 Å². The normalized spacial score (nSPS) is 16.3. The van der Waals surface area contributed by atoms with Crippen LogP contribution in [0.25, 0.3) is 0 Å². The maximum absolute atomic E-state index is 14.7. The minimum Gasteiger partial charge on any atom is -0.448 e. The molecule has 0 saturated carbocycles. The lowest BCUT2D eigenvalue weighted by Crippen LogP contribution is -2.72. The topological polar surface area (TPSA) is 162 Å². The van der Waals surface area contributed by atoms with Gasteiger partial charge in [-0.25, -0.2) is 9.78 Å². The number of nitrogens with one attached hydrogen (secondary N) is 1. The molecule has 2 atom stereocenters. The molecule has 314 valence electrons. The van der Waals surface area contributed by atoms with Crippen LogP contribution in [0.4, 0.5) is 5.13 Å².